The van der Waals surface area contributed by atoms with Gasteiger partial charge in [0.1, 0.15) is 5.75 Å². The monoisotopic (exact) mass is 675 g/mol. The zero-order chi connectivity index (χ0) is 27.3. The predicted octanol–water partition coefficient (Wildman–Crippen LogP) is 6.08. The average Bonchev–Trinajstić information content (AvgIpc) is 2.89. The molecule has 0 unspecified atom stereocenters. The van der Waals surface area contributed by atoms with Gasteiger partial charge in [0.25, 0.3) is 5.91 Å². The SMILES string of the molecule is CN(Cc1ccccc1)S(=O)(=O)c1ccc(NC(=S)NC(=O)COc2ccc3cc(Br)ccc3c2Br)cc1. The number of halogens is 2. The third kappa shape index (κ3) is 6.97. The number of anilines is 1. The maximum absolute atomic E-state index is 12.9. The minimum Gasteiger partial charge on any atom is -0.483 e. The lowest BCUT2D eigenvalue weighted by Crippen LogP contribution is -2.37. The van der Waals surface area contributed by atoms with Crippen LogP contribution in [0.4, 0.5) is 5.69 Å². The van der Waals surface area contributed by atoms with Gasteiger partial charge < -0.3 is 10.1 Å². The second-order valence-corrected chi connectivity index (χ2v) is 12.5. The number of carbonyl (C=O) groups excluding carboxylic acids is 1. The van der Waals surface area contributed by atoms with E-state index in [2.05, 4.69) is 42.5 Å². The summed E-state index contributed by atoms with van der Waals surface area (Å²) in [5, 5.41) is 7.49. The summed E-state index contributed by atoms with van der Waals surface area (Å²) in [5.74, 6) is 0.0925. The molecule has 4 rings (SSSR count). The molecule has 0 aliphatic carbocycles. The van der Waals surface area contributed by atoms with Gasteiger partial charge in [-0.2, -0.15) is 4.31 Å². The third-order valence-electron chi connectivity index (χ3n) is 5.56. The molecule has 4 aromatic rings. The highest BCUT2D eigenvalue weighted by atomic mass is 79.9. The molecular weight excluding hydrogens is 654 g/mol. The highest BCUT2D eigenvalue weighted by molar-refractivity contribution is 9.11. The molecule has 0 heterocycles. The summed E-state index contributed by atoms with van der Waals surface area (Å²) >= 11 is 12.2. The number of ether oxygens (including phenoxy) is 1. The van der Waals surface area contributed by atoms with Crippen LogP contribution < -0.4 is 15.4 Å². The molecule has 2 N–H and O–H groups in total. The molecule has 0 saturated carbocycles. The Morgan fingerprint density at radius 1 is 0.974 bits per heavy atom. The molecule has 0 fully saturated rings. The number of thiocarbonyl (C=S) groups is 1. The van der Waals surface area contributed by atoms with E-state index in [4.69, 9.17) is 17.0 Å². The first kappa shape index (κ1) is 28.2. The molecule has 196 valence electrons. The number of fused-ring (bicyclic) bond motifs is 1. The summed E-state index contributed by atoms with van der Waals surface area (Å²) in [5.41, 5.74) is 1.42. The van der Waals surface area contributed by atoms with Gasteiger partial charge in [0.2, 0.25) is 10.0 Å². The fourth-order valence-corrected chi connectivity index (χ4v) is 6.02. The fourth-order valence-electron chi connectivity index (χ4n) is 3.64. The van der Waals surface area contributed by atoms with Crippen LogP contribution in [-0.4, -0.2) is 37.4 Å². The van der Waals surface area contributed by atoms with Crippen molar-refractivity contribution in [1.29, 1.82) is 0 Å². The van der Waals surface area contributed by atoms with Crippen LogP contribution in [0.25, 0.3) is 10.8 Å². The second kappa shape index (κ2) is 12.4. The molecular formula is C27H23Br2N3O4S2. The van der Waals surface area contributed by atoms with E-state index in [1.54, 1.807) is 18.2 Å². The fraction of sp³-hybridized carbons (Fsp3) is 0.111. The Morgan fingerprint density at radius 2 is 1.68 bits per heavy atom. The molecule has 0 atom stereocenters. The van der Waals surface area contributed by atoms with Gasteiger partial charge in [0.15, 0.2) is 11.7 Å². The average molecular weight is 677 g/mol. The van der Waals surface area contributed by atoms with Gasteiger partial charge in [-0.05, 0) is 86.9 Å². The van der Waals surface area contributed by atoms with Crippen molar-refractivity contribution in [2.75, 3.05) is 19.0 Å². The highest BCUT2D eigenvalue weighted by Crippen LogP contribution is 2.34. The quantitative estimate of drug-likeness (QED) is 0.220. The van der Waals surface area contributed by atoms with E-state index < -0.39 is 15.9 Å². The van der Waals surface area contributed by atoms with Crippen LogP contribution in [0.5, 0.6) is 5.75 Å². The molecule has 0 aliphatic heterocycles. The summed E-state index contributed by atoms with van der Waals surface area (Å²) in [4.78, 5) is 12.5. The van der Waals surface area contributed by atoms with E-state index in [1.165, 1.54) is 23.5 Å². The Hall–Kier alpha value is -2.83. The summed E-state index contributed by atoms with van der Waals surface area (Å²) < 4.78 is 34.5. The summed E-state index contributed by atoms with van der Waals surface area (Å²) in [6.45, 7) is 0.0162. The molecule has 0 bridgehead atoms. The number of hydrogen-bond donors (Lipinski definition) is 2. The van der Waals surface area contributed by atoms with Gasteiger partial charge >= 0.3 is 0 Å². The highest BCUT2D eigenvalue weighted by Gasteiger charge is 2.21. The molecule has 7 nitrogen and oxygen atoms in total. The van der Waals surface area contributed by atoms with Crippen molar-refractivity contribution in [1.82, 2.24) is 9.62 Å². The first-order valence-electron chi connectivity index (χ1n) is 11.4. The topological polar surface area (TPSA) is 87.7 Å². The van der Waals surface area contributed by atoms with E-state index in [1.807, 2.05) is 54.6 Å². The molecule has 1 amide bonds. The van der Waals surface area contributed by atoms with E-state index in [-0.39, 0.29) is 23.2 Å². The molecule has 0 saturated heterocycles. The molecule has 11 heteroatoms. The Labute approximate surface area is 243 Å². The van der Waals surface area contributed by atoms with Gasteiger partial charge in [-0.3, -0.25) is 10.1 Å². The molecule has 0 aromatic heterocycles. The number of benzene rings is 4. The minimum absolute atomic E-state index is 0.0674. The maximum Gasteiger partial charge on any atom is 0.264 e. The normalized spacial score (nSPS) is 11.4. The number of sulfonamides is 1. The lowest BCUT2D eigenvalue weighted by molar-refractivity contribution is -0.121. The van der Waals surface area contributed by atoms with Gasteiger partial charge in [-0.15, -0.1) is 0 Å². The number of nitrogens with one attached hydrogen (secondary N) is 2. The van der Waals surface area contributed by atoms with Crippen LogP contribution in [0.1, 0.15) is 5.56 Å². The van der Waals surface area contributed by atoms with Gasteiger partial charge in [0.05, 0.1) is 9.37 Å². The smallest absolute Gasteiger partial charge is 0.264 e. The molecule has 0 aliphatic rings. The Morgan fingerprint density at radius 3 is 2.39 bits per heavy atom. The first-order valence-corrected chi connectivity index (χ1v) is 14.8. The molecule has 38 heavy (non-hydrogen) atoms. The van der Waals surface area contributed by atoms with Crippen molar-refractivity contribution >= 4 is 81.6 Å². The maximum atomic E-state index is 12.9. The van der Waals surface area contributed by atoms with Crippen LogP contribution in [0.2, 0.25) is 0 Å². The number of hydrogen-bond acceptors (Lipinski definition) is 5. The van der Waals surface area contributed by atoms with Crippen molar-refractivity contribution in [3.05, 3.63) is 99.4 Å². The van der Waals surface area contributed by atoms with Gasteiger partial charge in [-0.1, -0.05) is 58.4 Å². The second-order valence-electron chi connectivity index (χ2n) is 8.31. The van der Waals surface area contributed by atoms with Crippen molar-refractivity contribution in [3.8, 4) is 5.75 Å². The summed E-state index contributed by atoms with van der Waals surface area (Å²) in [6, 6.07) is 25.1. The van der Waals surface area contributed by atoms with Gasteiger partial charge in [0, 0.05) is 23.8 Å². The first-order chi connectivity index (χ1) is 18.1. The van der Waals surface area contributed by atoms with E-state index in [9.17, 15) is 13.2 Å². The van der Waals surface area contributed by atoms with Crippen molar-refractivity contribution in [2.45, 2.75) is 11.4 Å². The zero-order valence-corrected chi connectivity index (χ0v) is 25.0. The Kier molecular flexibility index (Phi) is 9.16. The Bertz CT molecular complexity index is 1580. The van der Waals surface area contributed by atoms with E-state index in [0.717, 1.165) is 25.3 Å². The molecule has 0 radical (unpaired) electrons. The van der Waals surface area contributed by atoms with Crippen LogP contribution in [-0.2, 0) is 21.4 Å². The number of nitrogens with zero attached hydrogens (tertiary/aromatic N) is 1. The van der Waals surface area contributed by atoms with Crippen molar-refractivity contribution < 1.29 is 17.9 Å². The van der Waals surface area contributed by atoms with E-state index in [0.29, 0.717) is 11.4 Å². The third-order valence-corrected chi connectivity index (χ3v) is 8.89. The number of rotatable bonds is 8. The van der Waals surface area contributed by atoms with Crippen molar-refractivity contribution in [2.24, 2.45) is 0 Å². The lowest BCUT2D eigenvalue weighted by Gasteiger charge is -2.18. The predicted molar refractivity (Wildman–Crippen MR) is 161 cm³/mol. The van der Waals surface area contributed by atoms with Crippen LogP contribution in [0, 0.1) is 0 Å². The lowest BCUT2D eigenvalue weighted by atomic mass is 10.1. The standard InChI is InChI=1S/C27H23Br2N3O4S2/c1-32(16-18-5-3-2-4-6-18)38(34,35)22-11-9-21(10-12-22)30-27(37)31-25(33)17-36-24-14-7-19-15-20(28)8-13-23(19)26(24)29/h2-15H,16-17H2,1H3,(H2,30,31,33,37). The van der Waals surface area contributed by atoms with Crippen molar-refractivity contribution in [3.63, 3.8) is 0 Å². The molecule has 0 spiro atoms. The number of amides is 1. The Balaban J connectivity index is 1.30. The largest absolute Gasteiger partial charge is 0.483 e. The van der Waals surface area contributed by atoms with Crippen LogP contribution in [0.15, 0.2) is 98.8 Å². The van der Waals surface area contributed by atoms with Crippen LogP contribution >= 0.6 is 44.1 Å². The van der Waals surface area contributed by atoms with Crippen LogP contribution in [0.3, 0.4) is 0 Å². The van der Waals surface area contributed by atoms with E-state index >= 15 is 0 Å². The minimum atomic E-state index is -3.67. The summed E-state index contributed by atoms with van der Waals surface area (Å²) in [7, 11) is -2.14. The van der Waals surface area contributed by atoms with Gasteiger partial charge in [-0.25, -0.2) is 8.42 Å². The zero-order valence-electron chi connectivity index (χ0n) is 20.1. The number of carbonyl (C=O) groups is 1. The molecule has 4 aromatic carbocycles. The summed E-state index contributed by atoms with van der Waals surface area (Å²) in [6.07, 6.45) is 0.